The van der Waals surface area contributed by atoms with Crippen LogP contribution in [0.4, 0.5) is 0 Å². The van der Waals surface area contributed by atoms with Gasteiger partial charge in [-0.2, -0.15) is 10.3 Å². The Balaban J connectivity index is -0.000000287. The average Bonchev–Trinajstić information content (AvgIpc) is 2.59. The Hall–Kier alpha value is -1.66. The van der Waals surface area contributed by atoms with Crippen LogP contribution in [0.3, 0.4) is 0 Å². The van der Waals surface area contributed by atoms with Gasteiger partial charge in [0.2, 0.25) is 0 Å². The first kappa shape index (κ1) is 28.2. The summed E-state index contributed by atoms with van der Waals surface area (Å²) in [6.07, 6.45) is 4.76. The number of aromatic nitrogens is 2. The Labute approximate surface area is 168 Å². The molecule has 0 saturated carbocycles. The van der Waals surface area contributed by atoms with Crippen molar-refractivity contribution in [2.75, 3.05) is 13.2 Å². The molecule has 0 aromatic carbocycles. The fraction of sp³-hybridized carbons (Fsp3) is 0.250. The van der Waals surface area contributed by atoms with E-state index in [0.717, 1.165) is 11.4 Å². The zero-order chi connectivity index (χ0) is 18.5. The minimum atomic E-state index is 0. The van der Waals surface area contributed by atoms with E-state index in [0.29, 0.717) is 12.8 Å². The van der Waals surface area contributed by atoms with Crippen molar-refractivity contribution in [3.05, 3.63) is 71.0 Å². The molecule has 0 aliphatic carbocycles. The summed E-state index contributed by atoms with van der Waals surface area (Å²) in [5.74, 6) is 0. The summed E-state index contributed by atoms with van der Waals surface area (Å²) < 4.78 is 0. The molecule has 0 atom stereocenters. The van der Waals surface area contributed by atoms with Gasteiger partial charge in [0.05, 0.1) is 0 Å². The van der Waals surface area contributed by atoms with Crippen molar-refractivity contribution < 1.29 is 27.3 Å². The Kier molecular flexibility index (Phi) is 27.7. The Bertz CT molecular complexity index is 524. The number of aliphatic hydroxyl groups is 2. The van der Waals surface area contributed by atoms with E-state index in [-0.39, 0.29) is 30.3 Å². The second kappa shape index (κ2) is 24.6. The Morgan fingerprint density at radius 1 is 0.800 bits per heavy atom. The Morgan fingerprint density at radius 2 is 1.12 bits per heavy atom. The maximum atomic E-state index is 8.48. The van der Waals surface area contributed by atoms with Crippen molar-refractivity contribution in [3.8, 4) is 0 Å². The molecule has 1 radical (unpaired) electrons. The predicted octanol–water partition coefficient (Wildman–Crippen LogP) is 2.55. The summed E-state index contributed by atoms with van der Waals surface area (Å²) in [5, 5.41) is 33.9. The van der Waals surface area contributed by atoms with Crippen LogP contribution < -0.4 is 0 Å². The molecule has 0 amide bonds. The summed E-state index contributed by atoms with van der Waals surface area (Å²) in [6.45, 7) is 0.355. The van der Waals surface area contributed by atoms with E-state index in [1.165, 1.54) is 10.3 Å². The van der Waals surface area contributed by atoms with Gasteiger partial charge in [0, 0.05) is 49.8 Å². The predicted molar refractivity (Wildman–Crippen MR) is 102 cm³/mol. The summed E-state index contributed by atoms with van der Waals surface area (Å²) in [5.41, 5.74) is 1.89. The number of rotatable bonds is 4. The molecule has 2 rings (SSSR count). The van der Waals surface area contributed by atoms with Gasteiger partial charge in [-0.15, -0.1) is 0 Å². The number of hydrogen-bond acceptors (Lipinski definition) is 6. The zero-order valence-corrected chi connectivity index (χ0v) is 16.1. The monoisotopic (exact) mass is 417 g/mol. The standard InChI is InChI=1S/2C7H9NO.2CNS.Mn/c2*9-6-4-7-3-1-2-5-8-7;2*2-1-3;/h2*1-3,5,9H,4,6H2;;;/q;;2*-1;+2. The van der Waals surface area contributed by atoms with E-state index < -0.39 is 0 Å². The first-order valence-electron chi connectivity index (χ1n) is 6.74. The second-order valence-electron chi connectivity index (χ2n) is 3.77. The van der Waals surface area contributed by atoms with E-state index in [9.17, 15) is 0 Å². The molecule has 0 spiro atoms. The van der Waals surface area contributed by atoms with Crippen LogP contribution in [0.15, 0.2) is 48.8 Å². The molecular formula is C16H18MnN4O2S2. The van der Waals surface area contributed by atoms with E-state index in [1.807, 2.05) is 36.4 Å². The summed E-state index contributed by atoms with van der Waals surface area (Å²) in [4.78, 5) is 8.02. The molecule has 6 nitrogen and oxygen atoms in total. The van der Waals surface area contributed by atoms with Gasteiger partial charge in [-0.3, -0.25) is 9.97 Å². The van der Waals surface area contributed by atoms with E-state index >= 15 is 0 Å². The van der Waals surface area contributed by atoms with Gasteiger partial charge < -0.3 is 21.0 Å². The first-order valence-corrected chi connectivity index (χ1v) is 7.55. The number of thiocarbonyl (C=S) groups is 2. The van der Waals surface area contributed by atoms with Crippen LogP contribution in [-0.4, -0.2) is 43.7 Å². The smallest absolute Gasteiger partial charge is 0.753 e. The molecule has 9 heteroatoms. The molecule has 0 aliphatic heterocycles. The average molecular weight is 417 g/mol. The minimum absolute atomic E-state index is 0. The molecule has 0 fully saturated rings. The molecule has 2 N–H and O–H groups in total. The van der Waals surface area contributed by atoms with Gasteiger partial charge in [0.25, 0.3) is 0 Å². The van der Waals surface area contributed by atoms with Crippen LogP contribution in [0, 0.1) is 0 Å². The van der Waals surface area contributed by atoms with Crippen molar-refractivity contribution in [3.63, 3.8) is 0 Å². The van der Waals surface area contributed by atoms with Gasteiger partial charge in [-0.25, -0.2) is 0 Å². The van der Waals surface area contributed by atoms with E-state index in [2.05, 4.69) is 34.4 Å². The van der Waals surface area contributed by atoms with Crippen LogP contribution in [0.1, 0.15) is 11.4 Å². The quantitative estimate of drug-likeness (QED) is 0.449. The van der Waals surface area contributed by atoms with Gasteiger partial charge in [-0.05, 0) is 24.3 Å². The molecule has 2 aromatic rings. The first-order chi connectivity index (χ1) is 11.7. The van der Waals surface area contributed by atoms with Crippen molar-refractivity contribution in [2.45, 2.75) is 12.8 Å². The van der Waals surface area contributed by atoms with Crippen LogP contribution >= 0.6 is 24.4 Å². The summed E-state index contributed by atoms with van der Waals surface area (Å²) in [6, 6.07) is 11.4. The molecule has 0 saturated heterocycles. The van der Waals surface area contributed by atoms with Gasteiger partial charge in [0.1, 0.15) is 0 Å². The van der Waals surface area contributed by atoms with Crippen LogP contribution in [-0.2, 0) is 29.9 Å². The largest absolute Gasteiger partial charge is 2.00 e. The zero-order valence-electron chi connectivity index (χ0n) is 13.3. The number of pyridine rings is 2. The molecule has 133 valence electrons. The summed E-state index contributed by atoms with van der Waals surface area (Å²) in [7, 11) is 0. The van der Waals surface area contributed by atoms with Gasteiger partial charge in [0.15, 0.2) is 0 Å². The minimum Gasteiger partial charge on any atom is -0.753 e. The maximum Gasteiger partial charge on any atom is 2.00 e. The van der Waals surface area contributed by atoms with E-state index in [1.54, 1.807) is 12.4 Å². The third kappa shape index (κ3) is 22.3. The molecule has 0 aliphatic rings. The third-order valence-corrected chi connectivity index (χ3v) is 2.19. The van der Waals surface area contributed by atoms with E-state index in [4.69, 9.17) is 21.0 Å². The maximum absolute atomic E-state index is 8.48. The van der Waals surface area contributed by atoms with Crippen molar-refractivity contribution >= 4 is 34.8 Å². The van der Waals surface area contributed by atoms with Crippen molar-refractivity contribution in [2.24, 2.45) is 0 Å². The third-order valence-electron chi connectivity index (χ3n) is 2.19. The number of aliphatic hydroxyl groups excluding tert-OH is 2. The van der Waals surface area contributed by atoms with Gasteiger partial charge >= 0.3 is 17.1 Å². The SMILES string of the molecule is OCCc1ccccn1.OCCc1ccccn1.[Mn+2].[N-]=C=S.[N-]=C=S. The van der Waals surface area contributed by atoms with Crippen molar-refractivity contribution in [1.82, 2.24) is 9.97 Å². The molecule has 2 heterocycles. The fourth-order valence-corrected chi connectivity index (χ4v) is 1.32. The van der Waals surface area contributed by atoms with Gasteiger partial charge in [-0.1, -0.05) is 36.6 Å². The molecule has 0 bridgehead atoms. The van der Waals surface area contributed by atoms with Crippen LogP contribution in [0.25, 0.3) is 10.8 Å². The number of isothiocyanates is 2. The molecule has 25 heavy (non-hydrogen) atoms. The topological polar surface area (TPSA) is 111 Å². The normalized spacial score (nSPS) is 7.44. The van der Waals surface area contributed by atoms with Crippen LogP contribution in [0.5, 0.6) is 0 Å². The molecule has 0 unspecified atom stereocenters. The molecule has 2 aromatic heterocycles. The van der Waals surface area contributed by atoms with Crippen molar-refractivity contribution in [1.29, 1.82) is 0 Å². The summed E-state index contributed by atoms with van der Waals surface area (Å²) >= 11 is 7.40. The second-order valence-corrected chi connectivity index (χ2v) is 4.14. The Morgan fingerprint density at radius 3 is 1.32 bits per heavy atom. The number of nitrogens with zero attached hydrogens (tertiary/aromatic N) is 4. The fourth-order valence-electron chi connectivity index (χ4n) is 1.32. The number of hydrogen-bond donors (Lipinski definition) is 2. The molecular weight excluding hydrogens is 399 g/mol. The van der Waals surface area contributed by atoms with Crippen LogP contribution in [0.2, 0.25) is 0 Å².